The van der Waals surface area contributed by atoms with E-state index >= 15 is 0 Å². The van der Waals surface area contributed by atoms with E-state index < -0.39 is 28.5 Å². The second-order valence-corrected chi connectivity index (χ2v) is 10.6. The van der Waals surface area contributed by atoms with Gasteiger partial charge in [0.2, 0.25) is 11.8 Å². The summed E-state index contributed by atoms with van der Waals surface area (Å²) in [7, 11) is -1.03. The first kappa shape index (κ1) is 27.7. The fraction of sp³-hybridized carbons (Fsp3) is 0.286. The summed E-state index contributed by atoms with van der Waals surface area (Å²) < 4.78 is 33.9. The number of likely N-dealkylation sites (N-methyl/N-ethyl adjacent to an activating group) is 1. The van der Waals surface area contributed by atoms with E-state index in [-0.39, 0.29) is 17.3 Å². The first-order valence-electron chi connectivity index (χ1n) is 11.9. The average Bonchev–Trinajstić information content (AvgIpc) is 2.90. The van der Waals surface area contributed by atoms with E-state index in [4.69, 9.17) is 4.74 Å². The monoisotopic (exact) mass is 523 g/mol. The molecule has 196 valence electrons. The minimum Gasteiger partial charge on any atom is -0.497 e. The van der Waals surface area contributed by atoms with Crippen LogP contribution in [0.4, 0.5) is 5.69 Å². The molecule has 0 aliphatic carbocycles. The molecule has 0 bridgehead atoms. The first-order chi connectivity index (χ1) is 17.6. The second kappa shape index (κ2) is 11.9. The van der Waals surface area contributed by atoms with Crippen LogP contribution in [0.5, 0.6) is 5.75 Å². The zero-order chi connectivity index (χ0) is 27.2. The standard InChI is InChI=1S/C28H33N3O5S/c1-20-10-16-25(17-11-20)37(34,35)31(26-9-7-6-8-21(26)2)19-27(32)30(22(3)28(33)29-4)18-23-12-14-24(36-5)15-13-23/h6-17,22H,18-19H2,1-5H3,(H,29,33)/t22-/m0/s1. The summed E-state index contributed by atoms with van der Waals surface area (Å²) in [6.45, 7) is 4.92. The SMILES string of the molecule is CNC(=O)[C@H](C)N(Cc1ccc(OC)cc1)C(=O)CN(c1ccccc1C)S(=O)(=O)c1ccc(C)cc1. The van der Waals surface area contributed by atoms with E-state index in [1.54, 1.807) is 81.6 Å². The molecule has 0 spiro atoms. The summed E-state index contributed by atoms with van der Waals surface area (Å²) in [5.41, 5.74) is 2.79. The van der Waals surface area contributed by atoms with Gasteiger partial charge in [0.15, 0.2) is 0 Å². The largest absolute Gasteiger partial charge is 0.497 e. The van der Waals surface area contributed by atoms with Crippen molar-refractivity contribution < 1.29 is 22.7 Å². The normalized spacial score (nSPS) is 11.9. The third kappa shape index (κ3) is 6.48. The molecule has 2 amide bonds. The lowest BCUT2D eigenvalue weighted by Crippen LogP contribution is -2.50. The Morgan fingerprint density at radius 1 is 0.946 bits per heavy atom. The van der Waals surface area contributed by atoms with Gasteiger partial charge >= 0.3 is 0 Å². The van der Waals surface area contributed by atoms with E-state index in [9.17, 15) is 18.0 Å². The molecular weight excluding hydrogens is 490 g/mol. The van der Waals surface area contributed by atoms with Crippen LogP contribution in [0.1, 0.15) is 23.6 Å². The smallest absolute Gasteiger partial charge is 0.264 e. The maximum Gasteiger partial charge on any atom is 0.264 e. The number of ether oxygens (including phenoxy) is 1. The maximum absolute atomic E-state index is 13.8. The Bertz CT molecular complexity index is 1340. The number of hydrogen-bond acceptors (Lipinski definition) is 5. The highest BCUT2D eigenvalue weighted by atomic mass is 32.2. The predicted octanol–water partition coefficient (Wildman–Crippen LogP) is 3.67. The Balaban J connectivity index is 2.03. The third-order valence-corrected chi connectivity index (χ3v) is 7.97. The molecule has 0 saturated carbocycles. The van der Waals surface area contributed by atoms with Crippen LogP contribution >= 0.6 is 0 Å². The van der Waals surface area contributed by atoms with Crippen LogP contribution < -0.4 is 14.4 Å². The highest BCUT2D eigenvalue weighted by molar-refractivity contribution is 7.92. The molecular formula is C28H33N3O5S. The van der Waals surface area contributed by atoms with Gasteiger partial charge < -0.3 is 15.0 Å². The third-order valence-electron chi connectivity index (χ3n) is 6.20. The molecule has 3 rings (SSSR count). The van der Waals surface area contributed by atoms with E-state index in [2.05, 4.69) is 5.32 Å². The Kier molecular flexibility index (Phi) is 8.94. The van der Waals surface area contributed by atoms with E-state index in [0.29, 0.717) is 17.0 Å². The number of benzene rings is 3. The van der Waals surface area contributed by atoms with Crippen LogP contribution in [0.25, 0.3) is 0 Å². The molecule has 3 aromatic rings. The van der Waals surface area contributed by atoms with Crippen molar-refractivity contribution >= 4 is 27.5 Å². The van der Waals surface area contributed by atoms with Crippen LogP contribution in [0, 0.1) is 13.8 Å². The van der Waals surface area contributed by atoms with Crippen molar-refractivity contribution in [1.29, 1.82) is 0 Å². The molecule has 1 N–H and O–H groups in total. The van der Waals surface area contributed by atoms with Crippen molar-refractivity contribution in [3.05, 3.63) is 89.5 Å². The Morgan fingerprint density at radius 2 is 1.57 bits per heavy atom. The summed E-state index contributed by atoms with van der Waals surface area (Å²) >= 11 is 0. The van der Waals surface area contributed by atoms with Crippen molar-refractivity contribution in [3.8, 4) is 5.75 Å². The molecule has 0 radical (unpaired) electrons. The van der Waals surface area contributed by atoms with Crippen LogP contribution in [0.2, 0.25) is 0 Å². The lowest BCUT2D eigenvalue weighted by atomic mass is 10.1. The molecule has 8 nitrogen and oxygen atoms in total. The van der Waals surface area contributed by atoms with Crippen molar-refractivity contribution in [2.24, 2.45) is 0 Å². The molecule has 0 aliphatic rings. The number of aryl methyl sites for hydroxylation is 2. The lowest BCUT2D eigenvalue weighted by Gasteiger charge is -2.32. The minimum absolute atomic E-state index is 0.0789. The van der Waals surface area contributed by atoms with Gasteiger partial charge in [0.05, 0.1) is 17.7 Å². The zero-order valence-corrected chi connectivity index (χ0v) is 22.6. The highest BCUT2D eigenvalue weighted by Gasteiger charge is 2.32. The van der Waals surface area contributed by atoms with Gasteiger partial charge in [0.1, 0.15) is 18.3 Å². The number of nitrogens with one attached hydrogen (secondary N) is 1. The van der Waals surface area contributed by atoms with Gasteiger partial charge in [-0.1, -0.05) is 48.0 Å². The van der Waals surface area contributed by atoms with Gasteiger partial charge in [0, 0.05) is 13.6 Å². The number of methoxy groups -OCH3 is 1. The molecule has 0 heterocycles. The first-order valence-corrected chi connectivity index (χ1v) is 13.3. The molecule has 0 unspecified atom stereocenters. The number of carbonyl (C=O) groups excluding carboxylic acids is 2. The average molecular weight is 524 g/mol. The minimum atomic E-state index is -4.09. The molecule has 0 aliphatic heterocycles. The Labute approximate surface area is 218 Å². The zero-order valence-electron chi connectivity index (χ0n) is 21.8. The summed E-state index contributed by atoms with van der Waals surface area (Å²) in [5.74, 6) is -0.201. The van der Waals surface area contributed by atoms with Gasteiger partial charge in [-0.15, -0.1) is 0 Å². The van der Waals surface area contributed by atoms with Crippen molar-refractivity contribution in [2.75, 3.05) is 25.0 Å². The summed E-state index contributed by atoms with van der Waals surface area (Å²) in [6, 6.07) is 19.8. The summed E-state index contributed by atoms with van der Waals surface area (Å²) in [6.07, 6.45) is 0. The van der Waals surface area contributed by atoms with Crippen molar-refractivity contribution in [2.45, 2.75) is 38.3 Å². The van der Waals surface area contributed by atoms with Gasteiger partial charge in [-0.2, -0.15) is 0 Å². The maximum atomic E-state index is 13.8. The number of para-hydroxylation sites is 1. The van der Waals surface area contributed by atoms with Crippen LogP contribution in [0.15, 0.2) is 77.7 Å². The number of hydrogen-bond donors (Lipinski definition) is 1. The van der Waals surface area contributed by atoms with Gasteiger partial charge in [-0.25, -0.2) is 8.42 Å². The van der Waals surface area contributed by atoms with Crippen LogP contribution in [-0.4, -0.2) is 51.9 Å². The van der Waals surface area contributed by atoms with E-state index in [1.807, 2.05) is 6.92 Å². The summed E-state index contributed by atoms with van der Waals surface area (Å²) in [4.78, 5) is 27.8. The van der Waals surface area contributed by atoms with Crippen molar-refractivity contribution in [3.63, 3.8) is 0 Å². The molecule has 37 heavy (non-hydrogen) atoms. The van der Waals surface area contributed by atoms with Crippen molar-refractivity contribution in [1.82, 2.24) is 10.2 Å². The number of rotatable bonds is 10. The number of amides is 2. The number of sulfonamides is 1. The van der Waals surface area contributed by atoms with E-state index in [1.165, 1.54) is 24.1 Å². The molecule has 0 aromatic heterocycles. The van der Waals surface area contributed by atoms with Gasteiger partial charge in [-0.05, 0) is 62.2 Å². The number of nitrogens with zero attached hydrogens (tertiary/aromatic N) is 2. The molecule has 3 aromatic carbocycles. The fourth-order valence-corrected chi connectivity index (χ4v) is 5.39. The number of anilines is 1. The predicted molar refractivity (Wildman–Crippen MR) is 144 cm³/mol. The quantitative estimate of drug-likeness (QED) is 0.438. The fourth-order valence-electron chi connectivity index (χ4n) is 3.91. The lowest BCUT2D eigenvalue weighted by molar-refractivity contribution is -0.139. The van der Waals surface area contributed by atoms with Crippen LogP contribution in [-0.2, 0) is 26.2 Å². The Hall–Kier alpha value is -3.85. The van der Waals surface area contributed by atoms with Gasteiger partial charge in [-0.3, -0.25) is 13.9 Å². The van der Waals surface area contributed by atoms with Gasteiger partial charge in [0.25, 0.3) is 10.0 Å². The van der Waals surface area contributed by atoms with Crippen LogP contribution in [0.3, 0.4) is 0 Å². The molecule has 1 atom stereocenters. The highest BCUT2D eigenvalue weighted by Crippen LogP contribution is 2.27. The molecule has 0 fully saturated rings. The second-order valence-electron chi connectivity index (χ2n) is 8.77. The summed E-state index contributed by atoms with van der Waals surface area (Å²) in [5, 5.41) is 2.57. The molecule has 0 saturated heterocycles. The topological polar surface area (TPSA) is 96.0 Å². The molecule has 9 heteroatoms. The van der Waals surface area contributed by atoms with E-state index in [0.717, 1.165) is 15.4 Å². The number of carbonyl (C=O) groups is 2. The Morgan fingerprint density at radius 3 is 2.14 bits per heavy atom.